The van der Waals surface area contributed by atoms with Crippen molar-refractivity contribution < 1.29 is 29.7 Å². The van der Waals surface area contributed by atoms with Crippen LogP contribution in [0.15, 0.2) is 28.8 Å². The number of nitrogens with one attached hydrogen (secondary N) is 2. The van der Waals surface area contributed by atoms with E-state index >= 15 is 0 Å². The van der Waals surface area contributed by atoms with Crippen molar-refractivity contribution >= 4 is 35.7 Å². The fourth-order valence-electron chi connectivity index (χ4n) is 4.02. The van der Waals surface area contributed by atoms with Crippen LogP contribution in [0.25, 0.3) is 12.2 Å². The number of carboxylic acids is 2. The van der Waals surface area contributed by atoms with Crippen molar-refractivity contribution in [2.45, 2.75) is 46.5 Å². The number of aliphatic imine (C=N–C) groups is 1. The lowest BCUT2D eigenvalue weighted by Crippen LogP contribution is -2.22. The summed E-state index contributed by atoms with van der Waals surface area (Å²) in [7, 11) is 0. The normalized spacial score (nSPS) is 14.8. The molecule has 9 heteroatoms. The molecule has 1 aliphatic heterocycles. The average molecular weight is 464 g/mol. The van der Waals surface area contributed by atoms with Gasteiger partial charge in [0.25, 0.3) is 5.91 Å². The van der Waals surface area contributed by atoms with Crippen molar-refractivity contribution in [3.63, 3.8) is 0 Å². The number of hydrogen-bond donors (Lipinski definition) is 4. The molecule has 178 valence electrons. The Morgan fingerprint density at radius 2 is 1.71 bits per heavy atom. The lowest BCUT2D eigenvalue weighted by molar-refractivity contribution is -0.305. The van der Waals surface area contributed by atoms with Gasteiger partial charge in [0.2, 0.25) is 0 Å². The number of nitrogens with zero attached hydrogens (tertiary/aromatic N) is 1. The van der Waals surface area contributed by atoms with Crippen LogP contribution in [0.2, 0.25) is 0 Å². The number of carbonyl (C=O) groups excluding carboxylic acids is 2. The Labute approximate surface area is 195 Å². The number of aromatic amines is 2. The van der Waals surface area contributed by atoms with Gasteiger partial charge in [-0.1, -0.05) is 12.7 Å². The van der Waals surface area contributed by atoms with Crippen LogP contribution in [0.3, 0.4) is 0 Å². The molecule has 0 spiro atoms. The zero-order valence-corrected chi connectivity index (χ0v) is 19.2. The zero-order chi connectivity index (χ0) is 25.2. The molecule has 0 unspecified atom stereocenters. The summed E-state index contributed by atoms with van der Waals surface area (Å²) in [5.41, 5.74) is 4.80. The predicted octanol–water partition coefficient (Wildman–Crippen LogP) is 0.458. The van der Waals surface area contributed by atoms with Gasteiger partial charge in [0.15, 0.2) is 5.88 Å². The Bertz CT molecular complexity index is 1380. The summed E-state index contributed by atoms with van der Waals surface area (Å²) in [6.07, 6.45) is 5.10. The molecule has 0 radical (unpaired) electrons. The fourth-order valence-corrected chi connectivity index (χ4v) is 4.02. The molecule has 0 atom stereocenters. The molecule has 1 aliphatic rings. The number of carboxylic acid groups (broad SMARTS) is 2. The van der Waals surface area contributed by atoms with E-state index in [0.29, 0.717) is 44.4 Å². The highest BCUT2D eigenvalue weighted by Crippen LogP contribution is 2.25. The second kappa shape index (κ2) is 9.78. The van der Waals surface area contributed by atoms with E-state index < -0.39 is 11.9 Å². The third-order valence-electron chi connectivity index (χ3n) is 6.00. The minimum Gasteiger partial charge on any atom is -0.550 e. The molecular formula is C25H26N3O6-. The number of rotatable bonds is 9. The van der Waals surface area contributed by atoms with Crippen LogP contribution < -0.4 is 15.8 Å². The maximum atomic E-state index is 12.0. The van der Waals surface area contributed by atoms with E-state index in [0.717, 1.165) is 11.1 Å². The van der Waals surface area contributed by atoms with Crippen molar-refractivity contribution in [3.8, 4) is 5.88 Å². The van der Waals surface area contributed by atoms with E-state index in [1.807, 2.05) is 6.92 Å². The number of hydrogen-bond acceptors (Lipinski definition) is 5. The highest BCUT2D eigenvalue weighted by atomic mass is 16.4. The van der Waals surface area contributed by atoms with Crippen LogP contribution in [-0.2, 0) is 27.2 Å². The van der Waals surface area contributed by atoms with Crippen LogP contribution in [0.5, 0.6) is 5.88 Å². The van der Waals surface area contributed by atoms with Crippen LogP contribution in [0.4, 0.5) is 0 Å². The topological polar surface area (TPSA) is 159 Å². The molecule has 0 aromatic carbocycles. The molecule has 0 aliphatic carbocycles. The molecule has 4 N–H and O–H groups in total. The van der Waals surface area contributed by atoms with Gasteiger partial charge >= 0.3 is 5.97 Å². The predicted molar refractivity (Wildman–Crippen MR) is 125 cm³/mol. The molecule has 3 rings (SSSR count). The van der Waals surface area contributed by atoms with Gasteiger partial charge in [-0.25, -0.2) is 4.99 Å². The van der Waals surface area contributed by atoms with E-state index in [1.54, 1.807) is 32.1 Å². The Hall–Kier alpha value is -4.14. The smallest absolute Gasteiger partial charge is 0.303 e. The number of H-pyrrole nitrogens is 2. The van der Waals surface area contributed by atoms with E-state index in [4.69, 9.17) is 0 Å². The number of aliphatic carboxylic acids is 2. The first-order valence-electron chi connectivity index (χ1n) is 10.7. The lowest BCUT2D eigenvalue weighted by atomic mass is 10.0. The van der Waals surface area contributed by atoms with Gasteiger partial charge in [-0.2, -0.15) is 0 Å². The molecule has 34 heavy (non-hydrogen) atoms. The number of amides is 1. The summed E-state index contributed by atoms with van der Waals surface area (Å²) in [5.74, 6) is -2.55. The fraction of sp³-hybridized carbons (Fsp3) is 0.280. The van der Waals surface area contributed by atoms with Gasteiger partial charge in [-0.3, -0.25) is 9.59 Å². The van der Waals surface area contributed by atoms with Crippen molar-refractivity contribution in [3.05, 3.63) is 62.4 Å². The second-order valence-corrected chi connectivity index (χ2v) is 8.15. The lowest BCUT2D eigenvalue weighted by Gasteiger charge is -2.04. The minimum absolute atomic E-state index is 0.0724. The molecule has 2 aromatic rings. The van der Waals surface area contributed by atoms with Crippen molar-refractivity contribution in [1.29, 1.82) is 0 Å². The standard InChI is InChI=1S/C25H27N3O6/c1-5-15-13(3)24(33)27-19(15)10-18-12(2)16(6-8-22(29)30)20(26-18)11-21-17(7-9-23(31)32)14(4)25(34)28-21/h5,10-11,26,28,34H,1,6-9H2,2-4H3,(H,29,30)(H,31,32)/p-1/b18-10-,20-11+. The van der Waals surface area contributed by atoms with Gasteiger partial charge in [-0.05, 0) is 68.9 Å². The summed E-state index contributed by atoms with van der Waals surface area (Å²) >= 11 is 0. The second-order valence-electron chi connectivity index (χ2n) is 8.15. The van der Waals surface area contributed by atoms with Gasteiger partial charge in [0.05, 0.1) is 5.71 Å². The first kappa shape index (κ1) is 24.5. The van der Waals surface area contributed by atoms with Gasteiger partial charge in [0.1, 0.15) is 0 Å². The van der Waals surface area contributed by atoms with E-state index in [-0.39, 0.29) is 37.5 Å². The summed E-state index contributed by atoms with van der Waals surface area (Å²) < 4.78 is 0. The monoisotopic (exact) mass is 464 g/mol. The average Bonchev–Trinajstić information content (AvgIpc) is 3.31. The van der Waals surface area contributed by atoms with Crippen molar-refractivity contribution in [1.82, 2.24) is 9.97 Å². The third-order valence-corrected chi connectivity index (χ3v) is 6.00. The van der Waals surface area contributed by atoms with Crippen LogP contribution in [0.1, 0.15) is 47.7 Å². The first-order valence-corrected chi connectivity index (χ1v) is 10.7. The van der Waals surface area contributed by atoms with E-state index in [9.17, 15) is 29.7 Å². The molecule has 0 saturated carbocycles. The van der Waals surface area contributed by atoms with Crippen LogP contribution in [0, 0.1) is 13.8 Å². The van der Waals surface area contributed by atoms with Crippen LogP contribution in [-0.4, -0.2) is 43.7 Å². The third kappa shape index (κ3) is 4.93. The Morgan fingerprint density at radius 3 is 2.32 bits per heavy atom. The maximum absolute atomic E-state index is 12.0. The first-order chi connectivity index (χ1) is 16.0. The summed E-state index contributed by atoms with van der Waals surface area (Å²) in [6.45, 7) is 8.95. The molecule has 0 saturated heterocycles. The largest absolute Gasteiger partial charge is 0.550 e. The number of aromatic nitrogens is 2. The van der Waals surface area contributed by atoms with Gasteiger partial charge < -0.3 is 30.1 Å². The zero-order valence-electron chi connectivity index (χ0n) is 19.2. The van der Waals surface area contributed by atoms with Crippen LogP contribution >= 0.6 is 0 Å². The molecule has 0 fully saturated rings. The maximum Gasteiger partial charge on any atom is 0.303 e. The van der Waals surface area contributed by atoms with E-state index in [2.05, 4.69) is 21.5 Å². The summed E-state index contributed by atoms with van der Waals surface area (Å²) in [5, 5.41) is 31.6. The Morgan fingerprint density at radius 1 is 1.03 bits per heavy atom. The SMILES string of the molecule is C=CC1=C(C)C(=O)N=C1/C=c1\[nH]/c(=C/c2[nH]c(O)c(C)c2CCC(=O)[O-])c(CCC(=O)O)c1C. The highest BCUT2D eigenvalue weighted by molar-refractivity contribution is 6.32. The van der Waals surface area contributed by atoms with E-state index in [1.165, 1.54) is 0 Å². The molecular weight excluding hydrogens is 438 g/mol. The Kier molecular flexibility index (Phi) is 7.05. The highest BCUT2D eigenvalue weighted by Gasteiger charge is 2.20. The van der Waals surface area contributed by atoms with Crippen molar-refractivity contribution in [2.75, 3.05) is 0 Å². The molecule has 2 aromatic heterocycles. The number of aromatic hydroxyl groups is 1. The molecule has 0 bridgehead atoms. The number of allylic oxidation sites excluding steroid dienone is 2. The minimum atomic E-state index is -1.20. The molecule has 9 nitrogen and oxygen atoms in total. The van der Waals surface area contributed by atoms with Gasteiger partial charge in [-0.15, -0.1) is 0 Å². The molecule has 3 heterocycles. The number of carbonyl (C=O) groups is 3. The van der Waals surface area contributed by atoms with Crippen molar-refractivity contribution in [2.24, 2.45) is 4.99 Å². The summed E-state index contributed by atoms with van der Waals surface area (Å²) in [6, 6.07) is 0. The van der Waals surface area contributed by atoms with Gasteiger partial charge in [0, 0.05) is 45.5 Å². The molecule has 1 amide bonds. The summed E-state index contributed by atoms with van der Waals surface area (Å²) in [4.78, 5) is 44.4. The Balaban J connectivity index is 2.20. The quantitative estimate of drug-likeness (QED) is 0.422.